The smallest absolute Gasteiger partial charge is 0.273 e. The number of hydrogen-bond donors (Lipinski definition) is 1. The summed E-state index contributed by atoms with van der Waals surface area (Å²) in [5, 5.41) is 3.90. The lowest BCUT2D eigenvalue weighted by molar-refractivity contribution is 0.0935. The number of benzene rings is 1. The average Bonchev–Trinajstić information content (AvgIpc) is 3.22. The van der Waals surface area contributed by atoms with Crippen molar-refractivity contribution in [2.75, 3.05) is 0 Å². The number of rotatable bonds is 7. The molecule has 7 heteroatoms. The van der Waals surface area contributed by atoms with Crippen LogP contribution in [0.1, 0.15) is 28.9 Å². The number of oxazole rings is 1. The molecule has 0 saturated heterocycles. The lowest BCUT2D eigenvalue weighted by Crippen LogP contribution is -2.34. The minimum atomic E-state index is -0.284. The second-order valence-electron chi connectivity index (χ2n) is 6.71. The Morgan fingerprint density at radius 1 is 1.21 bits per heavy atom. The zero-order valence-corrected chi connectivity index (χ0v) is 15.9. The third-order valence-electron chi connectivity index (χ3n) is 4.36. The topological polar surface area (TPSA) is 90.1 Å². The lowest BCUT2D eigenvalue weighted by Gasteiger charge is -2.12. The number of carbonyl (C=O) groups is 1. The molecule has 0 fully saturated rings. The van der Waals surface area contributed by atoms with Gasteiger partial charge in [-0.15, -0.1) is 0 Å². The number of carbonyl (C=O) groups excluding carboxylic acids is 1. The molecule has 0 bridgehead atoms. The Hall–Kier alpha value is -3.74. The monoisotopic (exact) mass is 388 g/mol. The number of ether oxygens (including phenoxy) is 1. The third-order valence-corrected chi connectivity index (χ3v) is 4.36. The summed E-state index contributed by atoms with van der Waals surface area (Å²) in [7, 11) is 0. The lowest BCUT2D eigenvalue weighted by atomic mass is 10.1. The highest BCUT2D eigenvalue weighted by Crippen LogP contribution is 2.20. The van der Waals surface area contributed by atoms with Crippen LogP contribution in [-0.2, 0) is 13.0 Å². The summed E-state index contributed by atoms with van der Waals surface area (Å²) in [6, 6.07) is 13.3. The number of fused-ring (bicyclic) bond motifs is 1. The van der Waals surface area contributed by atoms with Crippen LogP contribution in [-0.4, -0.2) is 26.9 Å². The van der Waals surface area contributed by atoms with Gasteiger partial charge in [0.1, 0.15) is 12.0 Å². The minimum absolute atomic E-state index is 0.0608. The van der Waals surface area contributed by atoms with Crippen LogP contribution in [0.5, 0.6) is 5.75 Å². The van der Waals surface area contributed by atoms with Crippen molar-refractivity contribution in [1.82, 2.24) is 20.3 Å². The van der Waals surface area contributed by atoms with Gasteiger partial charge in [0.25, 0.3) is 5.91 Å². The van der Waals surface area contributed by atoms with Gasteiger partial charge < -0.3 is 14.5 Å². The second kappa shape index (κ2) is 8.52. The largest absolute Gasteiger partial charge is 0.484 e. The number of nitrogens with zero attached hydrogens (tertiary/aromatic N) is 3. The van der Waals surface area contributed by atoms with Crippen LogP contribution in [0.2, 0.25) is 0 Å². The fourth-order valence-corrected chi connectivity index (χ4v) is 2.99. The molecule has 0 aliphatic rings. The summed E-state index contributed by atoms with van der Waals surface area (Å²) in [4.78, 5) is 25.0. The molecule has 1 N–H and O–H groups in total. The van der Waals surface area contributed by atoms with Crippen LogP contribution in [0.25, 0.3) is 10.9 Å². The summed E-state index contributed by atoms with van der Waals surface area (Å²) in [6.07, 6.45) is 7.29. The van der Waals surface area contributed by atoms with E-state index in [1.807, 2.05) is 49.4 Å². The quantitative estimate of drug-likeness (QED) is 0.521. The van der Waals surface area contributed by atoms with Gasteiger partial charge >= 0.3 is 0 Å². The Kier molecular flexibility index (Phi) is 5.47. The van der Waals surface area contributed by atoms with Crippen molar-refractivity contribution in [2.45, 2.75) is 26.0 Å². The number of pyridine rings is 2. The SMILES string of the molecule is C[C@@H](Cc1cccnc1)NC(=O)c1coc(COc2ccc3ncccc3c2)n1. The standard InChI is InChI=1S/C22H20N4O3/c1-15(10-16-4-2-8-23-12-16)25-22(27)20-13-29-21(26-20)14-28-18-6-7-19-17(11-18)5-3-9-24-19/h2-9,11-13,15H,10,14H2,1H3,(H,25,27)/t15-/m0/s1. The maximum Gasteiger partial charge on any atom is 0.273 e. The summed E-state index contributed by atoms with van der Waals surface area (Å²) >= 11 is 0. The first-order chi connectivity index (χ1) is 14.2. The zero-order valence-electron chi connectivity index (χ0n) is 15.9. The molecule has 3 aromatic heterocycles. The van der Waals surface area contributed by atoms with Gasteiger partial charge in [-0.1, -0.05) is 12.1 Å². The molecule has 0 radical (unpaired) electrons. The summed E-state index contributed by atoms with van der Waals surface area (Å²) in [5.74, 6) is 0.731. The highest BCUT2D eigenvalue weighted by Gasteiger charge is 2.15. The van der Waals surface area contributed by atoms with E-state index in [-0.39, 0.29) is 24.2 Å². The van der Waals surface area contributed by atoms with Gasteiger partial charge in [0.15, 0.2) is 12.3 Å². The van der Waals surface area contributed by atoms with E-state index in [0.29, 0.717) is 18.1 Å². The van der Waals surface area contributed by atoms with Crippen LogP contribution in [0.4, 0.5) is 0 Å². The van der Waals surface area contributed by atoms with Crippen molar-refractivity contribution in [1.29, 1.82) is 0 Å². The van der Waals surface area contributed by atoms with Gasteiger partial charge in [-0.25, -0.2) is 4.98 Å². The van der Waals surface area contributed by atoms with Crippen LogP contribution in [0.3, 0.4) is 0 Å². The number of amides is 1. The molecule has 4 aromatic rings. The second-order valence-corrected chi connectivity index (χ2v) is 6.71. The van der Waals surface area contributed by atoms with E-state index >= 15 is 0 Å². The highest BCUT2D eigenvalue weighted by molar-refractivity contribution is 5.92. The van der Waals surface area contributed by atoms with Crippen molar-refractivity contribution in [3.8, 4) is 5.75 Å². The van der Waals surface area contributed by atoms with E-state index in [4.69, 9.17) is 9.15 Å². The van der Waals surface area contributed by atoms with E-state index in [2.05, 4.69) is 20.3 Å². The Morgan fingerprint density at radius 3 is 2.97 bits per heavy atom. The van der Waals surface area contributed by atoms with Gasteiger partial charge in [-0.3, -0.25) is 14.8 Å². The Morgan fingerprint density at radius 2 is 2.10 bits per heavy atom. The van der Waals surface area contributed by atoms with Crippen molar-refractivity contribution in [3.05, 3.63) is 84.5 Å². The fraction of sp³-hybridized carbons (Fsp3) is 0.182. The van der Waals surface area contributed by atoms with Gasteiger partial charge in [0.2, 0.25) is 5.89 Å². The first-order valence-electron chi connectivity index (χ1n) is 9.29. The van der Waals surface area contributed by atoms with Crippen molar-refractivity contribution in [3.63, 3.8) is 0 Å². The van der Waals surface area contributed by atoms with Crippen LogP contribution in [0.15, 0.2) is 71.7 Å². The molecular formula is C22H20N4O3. The maximum atomic E-state index is 12.4. The predicted octanol–water partition coefficient (Wildman–Crippen LogP) is 3.56. The zero-order chi connectivity index (χ0) is 20.1. The molecule has 29 heavy (non-hydrogen) atoms. The molecule has 146 valence electrons. The van der Waals surface area contributed by atoms with Crippen LogP contribution < -0.4 is 10.1 Å². The van der Waals surface area contributed by atoms with Crippen molar-refractivity contribution < 1.29 is 13.9 Å². The van der Waals surface area contributed by atoms with E-state index in [9.17, 15) is 4.79 Å². The Bertz CT molecular complexity index is 1110. The van der Waals surface area contributed by atoms with E-state index in [1.165, 1.54) is 6.26 Å². The third kappa shape index (κ3) is 4.76. The van der Waals surface area contributed by atoms with Gasteiger partial charge in [0, 0.05) is 30.0 Å². The fourth-order valence-electron chi connectivity index (χ4n) is 2.99. The minimum Gasteiger partial charge on any atom is -0.484 e. The van der Waals surface area contributed by atoms with E-state index in [0.717, 1.165) is 16.5 Å². The maximum absolute atomic E-state index is 12.4. The normalized spacial score (nSPS) is 11.9. The molecule has 7 nitrogen and oxygen atoms in total. The van der Waals surface area contributed by atoms with Crippen LogP contribution >= 0.6 is 0 Å². The first kappa shape index (κ1) is 18.6. The number of nitrogens with one attached hydrogen (secondary N) is 1. The van der Waals surface area contributed by atoms with Crippen LogP contribution in [0, 0.1) is 0 Å². The molecule has 1 amide bonds. The Labute approximate surface area is 167 Å². The highest BCUT2D eigenvalue weighted by atomic mass is 16.5. The molecule has 0 unspecified atom stereocenters. The Balaban J connectivity index is 1.33. The number of hydrogen-bond acceptors (Lipinski definition) is 6. The van der Waals surface area contributed by atoms with E-state index in [1.54, 1.807) is 18.6 Å². The molecule has 0 spiro atoms. The van der Waals surface area contributed by atoms with Gasteiger partial charge in [-0.05, 0) is 49.2 Å². The molecule has 4 rings (SSSR count). The molecule has 0 saturated carbocycles. The van der Waals surface area contributed by atoms with Crippen molar-refractivity contribution >= 4 is 16.8 Å². The predicted molar refractivity (Wildman–Crippen MR) is 107 cm³/mol. The summed E-state index contributed by atoms with van der Waals surface area (Å²) in [6.45, 7) is 2.06. The van der Waals surface area contributed by atoms with Gasteiger partial charge in [-0.2, -0.15) is 0 Å². The van der Waals surface area contributed by atoms with Crippen molar-refractivity contribution in [2.24, 2.45) is 0 Å². The molecule has 1 aromatic carbocycles. The van der Waals surface area contributed by atoms with Gasteiger partial charge in [0.05, 0.1) is 5.52 Å². The molecule has 0 aliphatic heterocycles. The first-order valence-corrected chi connectivity index (χ1v) is 9.29. The van der Waals surface area contributed by atoms with E-state index < -0.39 is 0 Å². The molecular weight excluding hydrogens is 368 g/mol. The molecule has 3 heterocycles. The molecule has 0 aliphatic carbocycles. The average molecular weight is 388 g/mol. The summed E-state index contributed by atoms with van der Waals surface area (Å²) < 4.78 is 11.1. The summed E-state index contributed by atoms with van der Waals surface area (Å²) in [5.41, 5.74) is 2.18. The number of aromatic nitrogens is 3. The molecule has 1 atom stereocenters.